The van der Waals surface area contributed by atoms with Gasteiger partial charge in [0.1, 0.15) is 0 Å². The van der Waals surface area contributed by atoms with E-state index in [-0.39, 0.29) is 17.1 Å². The molecule has 3 aromatic rings. The van der Waals surface area contributed by atoms with Crippen LogP contribution in [0.1, 0.15) is 28.6 Å². The average Bonchev–Trinajstić information content (AvgIpc) is 2.92. The Morgan fingerprint density at radius 1 is 1.35 bits per heavy atom. The van der Waals surface area contributed by atoms with Crippen LogP contribution >= 0.6 is 0 Å². The third kappa shape index (κ3) is 1.99. The molecule has 0 saturated carbocycles. The lowest BCUT2D eigenvalue weighted by molar-refractivity contribution is 0.101. The van der Waals surface area contributed by atoms with Crippen LogP contribution in [0.5, 0.6) is 0 Å². The summed E-state index contributed by atoms with van der Waals surface area (Å²) in [5, 5.41) is 0.584. The van der Waals surface area contributed by atoms with Crippen molar-refractivity contribution >= 4 is 16.8 Å². The van der Waals surface area contributed by atoms with Gasteiger partial charge in [0, 0.05) is 23.3 Å². The number of aryl methyl sites for hydroxylation is 1. The summed E-state index contributed by atoms with van der Waals surface area (Å²) in [6.07, 6.45) is 3.93. The first-order chi connectivity index (χ1) is 9.70. The van der Waals surface area contributed by atoms with Gasteiger partial charge < -0.3 is 4.42 Å². The number of halogens is 1. The quantitative estimate of drug-likeness (QED) is 0.680. The Morgan fingerprint density at radius 3 is 2.95 bits per heavy atom. The fourth-order valence-electron chi connectivity index (χ4n) is 2.20. The molecule has 0 unspecified atom stereocenters. The zero-order valence-electron chi connectivity index (χ0n) is 10.9. The molecule has 0 aliphatic rings. The second kappa shape index (κ2) is 4.89. The SMILES string of the molecule is CCc1cnccc1C(=O)c1cc2cccc(F)c2o1. The van der Waals surface area contributed by atoms with Crippen LogP contribution in [0.3, 0.4) is 0 Å². The van der Waals surface area contributed by atoms with E-state index >= 15 is 0 Å². The smallest absolute Gasteiger partial charge is 0.228 e. The number of rotatable bonds is 3. The lowest BCUT2D eigenvalue weighted by atomic mass is 10.0. The van der Waals surface area contributed by atoms with Gasteiger partial charge in [-0.25, -0.2) is 4.39 Å². The molecule has 0 N–H and O–H groups in total. The average molecular weight is 269 g/mol. The molecular formula is C16H12FNO2. The van der Waals surface area contributed by atoms with E-state index in [1.807, 2.05) is 6.92 Å². The first kappa shape index (κ1) is 12.5. The summed E-state index contributed by atoms with van der Waals surface area (Å²) in [6.45, 7) is 1.95. The number of ketones is 1. The van der Waals surface area contributed by atoms with Crippen LogP contribution < -0.4 is 0 Å². The molecule has 2 aromatic heterocycles. The zero-order chi connectivity index (χ0) is 14.1. The van der Waals surface area contributed by atoms with Gasteiger partial charge in [0.2, 0.25) is 5.78 Å². The molecule has 2 heterocycles. The van der Waals surface area contributed by atoms with Crippen molar-refractivity contribution in [2.75, 3.05) is 0 Å². The second-order valence-electron chi connectivity index (χ2n) is 4.48. The summed E-state index contributed by atoms with van der Waals surface area (Å²) in [6, 6.07) is 7.84. The maximum absolute atomic E-state index is 13.6. The van der Waals surface area contributed by atoms with Crippen LogP contribution in [0.4, 0.5) is 4.39 Å². The Balaban J connectivity index is 2.11. The normalized spacial score (nSPS) is 10.9. The van der Waals surface area contributed by atoms with Crippen LogP contribution in [0.15, 0.2) is 47.1 Å². The summed E-state index contributed by atoms with van der Waals surface area (Å²) >= 11 is 0. The summed E-state index contributed by atoms with van der Waals surface area (Å²) in [4.78, 5) is 16.5. The fourth-order valence-corrected chi connectivity index (χ4v) is 2.20. The number of fused-ring (bicyclic) bond motifs is 1. The largest absolute Gasteiger partial charge is 0.449 e. The van der Waals surface area contributed by atoms with Gasteiger partial charge in [-0.15, -0.1) is 0 Å². The number of nitrogens with zero attached hydrogens (tertiary/aromatic N) is 1. The number of para-hydroxylation sites is 1. The molecule has 3 rings (SSSR count). The molecular weight excluding hydrogens is 257 g/mol. The second-order valence-corrected chi connectivity index (χ2v) is 4.48. The predicted octanol–water partition coefficient (Wildman–Crippen LogP) is 3.76. The molecule has 100 valence electrons. The molecule has 1 aromatic carbocycles. The maximum Gasteiger partial charge on any atom is 0.228 e. The molecule has 0 atom stereocenters. The van der Waals surface area contributed by atoms with Crippen LogP contribution in [0, 0.1) is 5.82 Å². The van der Waals surface area contributed by atoms with Crippen molar-refractivity contribution in [3.05, 3.63) is 65.4 Å². The van der Waals surface area contributed by atoms with Gasteiger partial charge in [0.05, 0.1) is 0 Å². The lowest BCUT2D eigenvalue weighted by Gasteiger charge is -2.03. The number of hydrogen-bond acceptors (Lipinski definition) is 3. The molecule has 0 spiro atoms. The summed E-state index contributed by atoms with van der Waals surface area (Å²) in [5.74, 6) is -0.571. The molecule has 0 aliphatic heterocycles. The van der Waals surface area contributed by atoms with Crippen LogP contribution in [-0.4, -0.2) is 10.8 Å². The summed E-state index contributed by atoms with van der Waals surface area (Å²) in [7, 11) is 0. The molecule has 0 fully saturated rings. The summed E-state index contributed by atoms with van der Waals surface area (Å²) in [5.41, 5.74) is 1.50. The van der Waals surface area contributed by atoms with Crippen molar-refractivity contribution in [3.63, 3.8) is 0 Å². The van der Waals surface area contributed by atoms with E-state index in [1.54, 1.807) is 36.7 Å². The highest BCUT2D eigenvalue weighted by molar-refractivity contribution is 6.09. The number of carbonyl (C=O) groups is 1. The van der Waals surface area contributed by atoms with Crippen LogP contribution in [-0.2, 0) is 6.42 Å². The van der Waals surface area contributed by atoms with Crippen molar-refractivity contribution in [3.8, 4) is 0 Å². The minimum Gasteiger partial charge on any atom is -0.449 e. The highest BCUT2D eigenvalue weighted by atomic mass is 19.1. The summed E-state index contributed by atoms with van der Waals surface area (Å²) < 4.78 is 19.0. The Bertz CT molecular complexity index is 792. The molecule has 3 nitrogen and oxygen atoms in total. The number of carbonyl (C=O) groups excluding carboxylic acids is 1. The van der Waals surface area contributed by atoms with Gasteiger partial charge in [-0.2, -0.15) is 0 Å². The number of aromatic nitrogens is 1. The topological polar surface area (TPSA) is 43.1 Å². The van der Waals surface area contributed by atoms with Gasteiger partial charge in [0.15, 0.2) is 17.2 Å². The molecule has 4 heteroatoms. The highest BCUT2D eigenvalue weighted by Crippen LogP contribution is 2.24. The maximum atomic E-state index is 13.6. The number of benzene rings is 1. The Hall–Kier alpha value is -2.49. The lowest BCUT2D eigenvalue weighted by Crippen LogP contribution is -2.04. The van der Waals surface area contributed by atoms with Crippen molar-refractivity contribution in [1.29, 1.82) is 0 Å². The molecule has 0 bridgehead atoms. The van der Waals surface area contributed by atoms with E-state index in [4.69, 9.17) is 4.42 Å². The minimum atomic E-state index is -0.466. The molecule has 20 heavy (non-hydrogen) atoms. The first-order valence-electron chi connectivity index (χ1n) is 6.36. The van der Waals surface area contributed by atoms with E-state index < -0.39 is 5.82 Å². The van der Waals surface area contributed by atoms with E-state index in [2.05, 4.69) is 4.98 Å². The minimum absolute atomic E-state index is 0.114. The van der Waals surface area contributed by atoms with E-state index in [9.17, 15) is 9.18 Å². The number of furan rings is 1. The van der Waals surface area contributed by atoms with Crippen molar-refractivity contribution < 1.29 is 13.6 Å². The first-order valence-corrected chi connectivity index (χ1v) is 6.36. The number of pyridine rings is 1. The predicted molar refractivity (Wildman–Crippen MR) is 73.2 cm³/mol. The van der Waals surface area contributed by atoms with E-state index in [0.717, 1.165) is 5.56 Å². The highest BCUT2D eigenvalue weighted by Gasteiger charge is 2.18. The van der Waals surface area contributed by atoms with Gasteiger partial charge in [0.25, 0.3) is 0 Å². The Labute approximate surface area is 115 Å². The van der Waals surface area contributed by atoms with Crippen LogP contribution in [0.2, 0.25) is 0 Å². The molecule has 0 radical (unpaired) electrons. The zero-order valence-corrected chi connectivity index (χ0v) is 10.9. The van der Waals surface area contributed by atoms with Crippen molar-refractivity contribution in [2.24, 2.45) is 0 Å². The van der Waals surface area contributed by atoms with Crippen molar-refractivity contribution in [2.45, 2.75) is 13.3 Å². The third-order valence-electron chi connectivity index (χ3n) is 3.25. The van der Waals surface area contributed by atoms with Gasteiger partial charge >= 0.3 is 0 Å². The molecule has 0 saturated heterocycles. The Morgan fingerprint density at radius 2 is 2.20 bits per heavy atom. The number of hydrogen-bond donors (Lipinski definition) is 0. The van der Waals surface area contributed by atoms with E-state index in [0.29, 0.717) is 17.4 Å². The van der Waals surface area contributed by atoms with Gasteiger partial charge in [-0.1, -0.05) is 19.1 Å². The molecule has 0 aliphatic carbocycles. The standard InChI is InChI=1S/C16H12FNO2/c1-2-10-9-18-7-6-12(10)15(19)14-8-11-4-3-5-13(17)16(11)20-14/h3-9H,2H2,1H3. The van der Waals surface area contributed by atoms with Crippen molar-refractivity contribution in [1.82, 2.24) is 4.98 Å². The van der Waals surface area contributed by atoms with Crippen LogP contribution in [0.25, 0.3) is 11.0 Å². The molecule has 0 amide bonds. The Kier molecular flexibility index (Phi) is 3.06. The monoisotopic (exact) mass is 269 g/mol. The van der Waals surface area contributed by atoms with Gasteiger partial charge in [-0.3, -0.25) is 9.78 Å². The fraction of sp³-hybridized carbons (Fsp3) is 0.125. The third-order valence-corrected chi connectivity index (χ3v) is 3.25. The van der Waals surface area contributed by atoms with E-state index in [1.165, 1.54) is 6.07 Å². The van der Waals surface area contributed by atoms with Gasteiger partial charge in [-0.05, 0) is 30.2 Å².